The van der Waals surface area contributed by atoms with E-state index in [9.17, 15) is 0 Å². The van der Waals surface area contributed by atoms with Crippen molar-refractivity contribution < 1.29 is 0 Å². The number of rotatable bonds is 6. The molecule has 0 saturated carbocycles. The van der Waals surface area contributed by atoms with Gasteiger partial charge in [0, 0.05) is 30.9 Å². The Kier molecular flexibility index (Phi) is 4.78. The summed E-state index contributed by atoms with van der Waals surface area (Å²) >= 11 is 1.51. The van der Waals surface area contributed by atoms with Crippen LogP contribution in [-0.4, -0.2) is 29.0 Å². The topological polar surface area (TPSA) is 42.1 Å². The van der Waals surface area contributed by atoms with E-state index in [-0.39, 0.29) is 0 Å². The number of nitrogen functional groups attached to an aromatic ring is 1. The van der Waals surface area contributed by atoms with Crippen LogP contribution in [-0.2, 0) is 6.42 Å². The molecule has 0 radical (unpaired) electrons. The summed E-state index contributed by atoms with van der Waals surface area (Å²) in [5.74, 6) is 0. The minimum Gasteiger partial charge on any atom is -0.375 e. The Morgan fingerprint density at radius 2 is 2.40 bits per heavy atom. The lowest BCUT2D eigenvalue weighted by molar-refractivity contribution is 0.248. The van der Waals surface area contributed by atoms with Gasteiger partial charge in [-0.05, 0) is 13.8 Å². The maximum Gasteiger partial charge on any atom is 0.180 e. The molecule has 1 aromatic heterocycles. The maximum atomic E-state index is 5.58. The molecular formula is C11H19N3S. The molecule has 0 aromatic carbocycles. The third kappa shape index (κ3) is 4.01. The van der Waals surface area contributed by atoms with Crippen molar-refractivity contribution in [3.63, 3.8) is 0 Å². The highest BCUT2D eigenvalue weighted by molar-refractivity contribution is 7.13. The summed E-state index contributed by atoms with van der Waals surface area (Å²) < 4.78 is 0. The van der Waals surface area contributed by atoms with Crippen molar-refractivity contribution >= 4 is 16.5 Å². The zero-order valence-electron chi connectivity index (χ0n) is 9.44. The molecule has 84 valence electrons. The fourth-order valence-corrected chi connectivity index (χ4v) is 2.02. The van der Waals surface area contributed by atoms with Gasteiger partial charge in [-0.1, -0.05) is 6.08 Å². The normalized spacial score (nSPS) is 11.2. The Balaban J connectivity index is 2.42. The number of hydrogen-bond acceptors (Lipinski definition) is 4. The van der Waals surface area contributed by atoms with E-state index in [0.717, 1.165) is 25.2 Å². The van der Waals surface area contributed by atoms with E-state index >= 15 is 0 Å². The SMILES string of the molecule is C=CCN(CCc1csc(N)n1)C(C)C. The molecule has 0 unspecified atom stereocenters. The highest BCUT2D eigenvalue weighted by Gasteiger charge is 2.08. The van der Waals surface area contributed by atoms with Gasteiger partial charge in [-0.2, -0.15) is 0 Å². The van der Waals surface area contributed by atoms with Crippen molar-refractivity contribution in [3.05, 3.63) is 23.7 Å². The molecule has 1 heterocycles. The molecule has 0 spiro atoms. The summed E-state index contributed by atoms with van der Waals surface area (Å²) in [4.78, 5) is 6.61. The molecule has 1 aromatic rings. The lowest BCUT2D eigenvalue weighted by atomic mass is 10.2. The summed E-state index contributed by atoms with van der Waals surface area (Å²) in [5.41, 5.74) is 6.67. The molecule has 15 heavy (non-hydrogen) atoms. The van der Waals surface area contributed by atoms with Crippen LogP contribution in [0.15, 0.2) is 18.0 Å². The highest BCUT2D eigenvalue weighted by Crippen LogP contribution is 2.12. The summed E-state index contributed by atoms with van der Waals surface area (Å²) in [6.45, 7) is 10.1. The van der Waals surface area contributed by atoms with Crippen molar-refractivity contribution in [3.8, 4) is 0 Å². The second kappa shape index (κ2) is 5.88. The van der Waals surface area contributed by atoms with Crippen molar-refractivity contribution in [2.24, 2.45) is 0 Å². The Morgan fingerprint density at radius 3 is 2.87 bits per heavy atom. The minimum absolute atomic E-state index is 0.541. The van der Waals surface area contributed by atoms with E-state index in [1.54, 1.807) is 0 Å². The van der Waals surface area contributed by atoms with Crippen LogP contribution in [0.5, 0.6) is 0 Å². The number of nitrogens with zero attached hydrogens (tertiary/aromatic N) is 2. The molecule has 0 atom stereocenters. The fraction of sp³-hybridized carbons (Fsp3) is 0.545. The molecule has 2 N–H and O–H groups in total. The van der Waals surface area contributed by atoms with Crippen molar-refractivity contribution in [1.82, 2.24) is 9.88 Å². The molecule has 0 aliphatic heterocycles. The van der Waals surface area contributed by atoms with Gasteiger partial charge in [-0.3, -0.25) is 4.90 Å². The molecule has 0 fully saturated rings. The second-order valence-corrected chi connectivity index (χ2v) is 4.69. The first-order valence-corrected chi connectivity index (χ1v) is 6.06. The smallest absolute Gasteiger partial charge is 0.180 e. The quantitative estimate of drug-likeness (QED) is 0.754. The lowest BCUT2D eigenvalue weighted by Gasteiger charge is -2.24. The van der Waals surface area contributed by atoms with E-state index < -0.39 is 0 Å². The van der Waals surface area contributed by atoms with Gasteiger partial charge in [0.15, 0.2) is 5.13 Å². The van der Waals surface area contributed by atoms with Gasteiger partial charge in [0.1, 0.15) is 0 Å². The maximum absolute atomic E-state index is 5.58. The molecule has 4 heteroatoms. The molecule has 0 aliphatic rings. The molecule has 0 aliphatic carbocycles. The molecule has 0 bridgehead atoms. The van der Waals surface area contributed by atoms with Gasteiger partial charge in [0.25, 0.3) is 0 Å². The second-order valence-electron chi connectivity index (χ2n) is 3.80. The van der Waals surface area contributed by atoms with Crippen LogP contribution in [0.2, 0.25) is 0 Å². The van der Waals surface area contributed by atoms with Crippen LogP contribution in [0.25, 0.3) is 0 Å². The van der Waals surface area contributed by atoms with Gasteiger partial charge >= 0.3 is 0 Å². The summed E-state index contributed by atoms with van der Waals surface area (Å²) in [5, 5.41) is 2.69. The largest absolute Gasteiger partial charge is 0.375 e. The summed E-state index contributed by atoms with van der Waals surface area (Å²) in [6, 6.07) is 0.541. The summed E-state index contributed by atoms with van der Waals surface area (Å²) in [7, 11) is 0. The highest BCUT2D eigenvalue weighted by atomic mass is 32.1. The first-order valence-electron chi connectivity index (χ1n) is 5.18. The lowest BCUT2D eigenvalue weighted by Crippen LogP contribution is -2.32. The average Bonchev–Trinajstić information content (AvgIpc) is 2.58. The molecular weight excluding hydrogens is 206 g/mol. The molecule has 0 amide bonds. The molecule has 3 nitrogen and oxygen atoms in total. The van der Waals surface area contributed by atoms with Crippen LogP contribution in [0.4, 0.5) is 5.13 Å². The van der Waals surface area contributed by atoms with E-state index in [1.807, 2.05) is 11.5 Å². The van der Waals surface area contributed by atoms with E-state index in [1.165, 1.54) is 11.3 Å². The Morgan fingerprint density at radius 1 is 1.67 bits per heavy atom. The number of hydrogen-bond donors (Lipinski definition) is 1. The van der Waals surface area contributed by atoms with Gasteiger partial charge in [0.05, 0.1) is 5.69 Å². The number of nitrogens with two attached hydrogens (primary N) is 1. The standard InChI is InChI=1S/C11H19N3S/c1-4-6-14(9(2)3)7-5-10-8-15-11(12)13-10/h4,8-9H,1,5-7H2,2-3H3,(H2,12,13). The van der Waals surface area contributed by atoms with Crippen LogP contribution in [0, 0.1) is 0 Å². The zero-order chi connectivity index (χ0) is 11.3. The zero-order valence-corrected chi connectivity index (χ0v) is 10.3. The predicted molar refractivity (Wildman–Crippen MR) is 67.1 cm³/mol. The van der Waals surface area contributed by atoms with Gasteiger partial charge < -0.3 is 5.73 Å². The van der Waals surface area contributed by atoms with E-state index in [0.29, 0.717) is 11.2 Å². The Bertz CT molecular complexity index is 307. The minimum atomic E-state index is 0.541. The fourth-order valence-electron chi connectivity index (χ4n) is 1.42. The van der Waals surface area contributed by atoms with Crippen LogP contribution >= 0.6 is 11.3 Å². The van der Waals surface area contributed by atoms with E-state index in [2.05, 4.69) is 30.3 Å². The third-order valence-corrected chi connectivity index (χ3v) is 3.04. The van der Waals surface area contributed by atoms with Crippen molar-refractivity contribution in [2.45, 2.75) is 26.3 Å². The Labute approximate surface area is 95.6 Å². The number of anilines is 1. The van der Waals surface area contributed by atoms with Crippen molar-refractivity contribution in [2.75, 3.05) is 18.8 Å². The molecule has 0 saturated heterocycles. The van der Waals surface area contributed by atoms with Crippen LogP contribution in [0.3, 0.4) is 0 Å². The Hall–Kier alpha value is -0.870. The summed E-state index contributed by atoms with van der Waals surface area (Å²) in [6.07, 6.45) is 2.90. The van der Waals surface area contributed by atoms with Crippen LogP contribution < -0.4 is 5.73 Å². The van der Waals surface area contributed by atoms with Gasteiger partial charge in [-0.15, -0.1) is 17.9 Å². The number of aromatic nitrogens is 1. The predicted octanol–water partition coefficient (Wildman–Crippen LogP) is 2.16. The van der Waals surface area contributed by atoms with E-state index in [4.69, 9.17) is 5.73 Å². The first-order chi connectivity index (χ1) is 7.13. The van der Waals surface area contributed by atoms with Gasteiger partial charge in [-0.25, -0.2) is 4.98 Å². The van der Waals surface area contributed by atoms with Crippen molar-refractivity contribution in [1.29, 1.82) is 0 Å². The van der Waals surface area contributed by atoms with Gasteiger partial charge in [0.2, 0.25) is 0 Å². The first kappa shape index (κ1) is 12.2. The number of thiazole rings is 1. The third-order valence-electron chi connectivity index (χ3n) is 2.32. The average molecular weight is 225 g/mol. The molecule has 1 rings (SSSR count). The van der Waals surface area contributed by atoms with Crippen LogP contribution in [0.1, 0.15) is 19.5 Å². The monoisotopic (exact) mass is 225 g/mol.